The van der Waals surface area contributed by atoms with Crippen molar-refractivity contribution in [2.75, 3.05) is 11.9 Å². The predicted molar refractivity (Wildman–Crippen MR) is 77.9 cm³/mol. The van der Waals surface area contributed by atoms with E-state index in [1.54, 1.807) is 18.3 Å². The molecule has 0 aliphatic heterocycles. The lowest BCUT2D eigenvalue weighted by molar-refractivity contribution is 0.476. The van der Waals surface area contributed by atoms with E-state index in [1.165, 1.54) is 0 Å². The summed E-state index contributed by atoms with van der Waals surface area (Å²) in [7, 11) is 2.00. The largest absolute Gasteiger partial charge is 0.508 e. The van der Waals surface area contributed by atoms with E-state index in [-0.39, 0.29) is 5.75 Å². The Balaban J connectivity index is 2.17. The number of phenolic OH excluding ortho intramolecular Hbond substituents is 1. The minimum Gasteiger partial charge on any atom is -0.508 e. The van der Waals surface area contributed by atoms with Crippen LogP contribution in [0.3, 0.4) is 0 Å². The number of pyridine rings is 1. The van der Waals surface area contributed by atoms with Crippen molar-refractivity contribution in [2.24, 2.45) is 0 Å². The Bertz CT molecular complexity index is 710. The van der Waals surface area contributed by atoms with Gasteiger partial charge in [-0.3, -0.25) is 4.98 Å². The molecule has 3 nitrogen and oxygen atoms in total. The average Bonchev–Trinajstić information content (AvgIpc) is 2.47. The topological polar surface area (TPSA) is 36.4 Å². The van der Waals surface area contributed by atoms with Crippen LogP contribution in [0, 0.1) is 0 Å². The minimum absolute atomic E-state index is 0.277. The van der Waals surface area contributed by atoms with Gasteiger partial charge >= 0.3 is 0 Å². The Kier molecular flexibility index (Phi) is 2.80. The molecule has 0 amide bonds. The van der Waals surface area contributed by atoms with Crippen molar-refractivity contribution in [2.45, 2.75) is 0 Å². The normalized spacial score (nSPS) is 10.6. The molecule has 0 atom stereocenters. The Morgan fingerprint density at radius 3 is 2.74 bits per heavy atom. The van der Waals surface area contributed by atoms with Gasteiger partial charge in [0.05, 0.1) is 11.9 Å². The predicted octanol–water partition coefficient (Wildman–Crippen LogP) is 3.71. The maximum atomic E-state index is 9.68. The van der Waals surface area contributed by atoms with Gasteiger partial charge in [0, 0.05) is 24.3 Å². The number of hydrogen-bond donors (Lipinski definition) is 1. The van der Waals surface area contributed by atoms with Crippen LogP contribution >= 0.6 is 0 Å². The van der Waals surface area contributed by atoms with Gasteiger partial charge in [-0.05, 0) is 35.7 Å². The van der Waals surface area contributed by atoms with Crippen LogP contribution in [0.5, 0.6) is 5.75 Å². The van der Waals surface area contributed by atoms with Gasteiger partial charge in [0.2, 0.25) is 0 Å². The lowest BCUT2D eigenvalue weighted by atomic mass is 10.1. The molecule has 19 heavy (non-hydrogen) atoms. The van der Waals surface area contributed by atoms with Gasteiger partial charge in [0.1, 0.15) is 5.75 Å². The first-order valence-corrected chi connectivity index (χ1v) is 6.11. The van der Waals surface area contributed by atoms with Gasteiger partial charge in [0.25, 0.3) is 0 Å². The second-order valence-corrected chi connectivity index (χ2v) is 4.45. The third-order valence-corrected chi connectivity index (χ3v) is 3.24. The molecule has 0 aliphatic carbocycles. The maximum Gasteiger partial charge on any atom is 0.116 e. The number of aromatic hydroxyl groups is 1. The van der Waals surface area contributed by atoms with Crippen LogP contribution < -0.4 is 4.90 Å². The summed E-state index contributed by atoms with van der Waals surface area (Å²) < 4.78 is 0. The van der Waals surface area contributed by atoms with Crippen molar-refractivity contribution in [1.29, 1.82) is 0 Å². The molecule has 0 radical (unpaired) electrons. The lowest BCUT2D eigenvalue weighted by Crippen LogP contribution is -2.09. The van der Waals surface area contributed by atoms with Crippen molar-refractivity contribution in [3.05, 3.63) is 60.9 Å². The van der Waals surface area contributed by atoms with Crippen molar-refractivity contribution in [3.63, 3.8) is 0 Å². The monoisotopic (exact) mass is 250 g/mol. The van der Waals surface area contributed by atoms with E-state index in [1.807, 2.05) is 49.6 Å². The highest BCUT2D eigenvalue weighted by Crippen LogP contribution is 2.32. The molecule has 1 heterocycles. The molecule has 1 aromatic heterocycles. The second kappa shape index (κ2) is 4.61. The van der Waals surface area contributed by atoms with Gasteiger partial charge in [-0.2, -0.15) is 0 Å². The maximum absolute atomic E-state index is 9.68. The van der Waals surface area contributed by atoms with Crippen LogP contribution in [-0.2, 0) is 0 Å². The van der Waals surface area contributed by atoms with Crippen LogP contribution in [0.2, 0.25) is 0 Å². The standard InChI is InChI=1S/C16H14N2O/c1-18(13-5-3-9-17-11-13)16-6-2-4-12-7-8-14(19)10-15(12)16/h2-11,19H,1H3. The molecule has 0 saturated heterocycles. The number of nitrogens with zero attached hydrogens (tertiary/aromatic N) is 2. The fourth-order valence-corrected chi connectivity index (χ4v) is 2.23. The van der Waals surface area contributed by atoms with Gasteiger partial charge in [-0.25, -0.2) is 0 Å². The highest BCUT2D eigenvalue weighted by molar-refractivity contribution is 5.96. The summed E-state index contributed by atoms with van der Waals surface area (Å²) in [6.45, 7) is 0. The highest BCUT2D eigenvalue weighted by Gasteiger charge is 2.08. The van der Waals surface area contributed by atoms with Crippen LogP contribution in [0.15, 0.2) is 60.9 Å². The van der Waals surface area contributed by atoms with Gasteiger partial charge in [-0.1, -0.05) is 18.2 Å². The van der Waals surface area contributed by atoms with E-state index in [2.05, 4.69) is 9.88 Å². The number of rotatable bonds is 2. The van der Waals surface area contributed by atoms with Gasteiger partial charge in [0.15, 0.2) is 0 Å². The molecule has 2 aromatic carbocycles. The Hall–Kier alpha value is -2.55. The zero-order valence-corrected chi connectivity index (χ0v) is 10.6. The molecule has 0 fully saturated rings. The van der Waals surface area contributed by atoms with E-state index in [9.17, 15) is 5.11 Å². The molecule has 0 spiro atoms. The first kappa shape index (κ1) is 11.5. The second-order valence-electron chi connectivity index (χ2n) is 4.45. The van der Waals surface area contributed by atoms with Crippen molar-refractivity contribution < 1.29 is 5.11 Å². The van der Waals surface area contributed by atoms with E-state index >= 15 is 0 Å². The number of hydrogen-bond acceptors (Lipinski definition) is 3. The molecule has 1 N–H and O–H groups in total. The SMILES string of the molecule is CN(c1cccnc1)c1cccc2ccc(O)cc12. The third kappa shape index (κ3) is 2.10. The molecule has 3 heteroatoms. The summed E-state index contributed by atoms with van der Waals surface area (Å²) >= 11 is 0. The van der Waals surface area contributed by atoms with Gasteiger partial charge < -0.3 is 10.0 Å². The average molecular weight is 250 g/mol. The summed E-state index contributed by atoms with van der Waals surface area (Å²) in [4.78, 5) is 6.20. The number of phenols is 1. The molecule has 0 unspecified atom stereocenters. The summed E-state index contributed by atoms with van der Waals surface area (Å²) in [5.41, 5.74) is 2.06. The first-order valence-electron chi connectivity index (χ1n) is 6.11. The number of anilines is 2. The van der Waals surface area contributed by atoms with E-state index in [4.69, 9.17) is 0 Å². The fourth-order valence-electron chi connectivity index (χ4n) is 2.23. The van der Waals surface area contributed by atoms with Crippen molar-refractivity contribution in [3.8, 4) is 5.75 Å². The van der Waals surface area contributed by atoms with Crippen LogP contribution in [0.1, 0.15) is 0 Å². The zero-order chi connectivity index (χ0) is 13.2. The summed E-state index contributed by atoms with van der Waals surface area (Å²) in [5, 5.41) is 11.8. The van der Waals surface area contributed by atoms with E-state index in [0.29, 0.717) is 0 Å². The van der Waals surface area contributed by atoms with Crippen LogP contribution in [0.4, 0.5) is 11.4 Å². The molecule has 3 rings (SSSR count). The molecule has 0 saturated carbocycles. The molecule has 0 bridgehead atoms. The molecule has 3 aromatic rings. The number of fused-ring (bicyclic) bond motifs is 1. The van der Waals surface area contributed by atoms with Gasteiger partial charge in [-0.15, -0.1) is 0 Å². The lowest BCUT2D eigenvalue weighted by Gasteiger charge is -2.21. The number of aromatic nitrogens is 1. The minimum atomic E-state index is 0.277. The quantitative estimate of drug-likeness (QED) is 0.753. The zero-order valence-electron chi connectivity index (χ0n) is 10.6. The number of benzene rings is 2. The van der Waals surface area contributed by atoms with E-state index < -0.39 is 0 Å². The smallest absolute Gasteiger partial charge is 0.116 e. The van der Waals surface area contributed by atoms with Crippen molar-refractivity contribution in [1.82, 2.24) is 4.98 Å². The summed E-state index contributed by atoms with van der Waals surface area (Å²) in [6.07, 6.45) is 3.58. The third-order valence-electron chi connectivity index (χ3n) is 3.24. The van der Waals surface area contributed by atoms with Crippen LogP contribution in [-0.4, -0.2) is 17.1 Å². The molecule has 94 valence electrons. The molecular formula is C16H14N2O. The first-order chi connectivity index (χ1) is 9.25. The Morgan fingerprint density at radius 1 is 1.05 bits per heavy atom. The van der Waals surface area contributed by atoms with Crippen molar-refractivity contribution >= 4 is 22.1 Å². The Labute approximate surface area is 111 Å². The van der Waals surface area contributed by atoms with E-state index in [0.717, 1.165) is 22.1 Å². The van der Waals surface area contributed by atoms with Crippen LogP contribution in [0.25, 0.3) is 10.8 Å². The molecule has 0 aliphatic rings. The fraction of sp³-hybridized carbons (Fsp3) is 0.0625. The Morgan fingerprint density at radius 2 is 1.95 bits per heavy atom. The highest BCUT2D eigenvalue weighted by atomic mass is 16.3. The summed E-state index contributed by atoms with van der Waals surface area (Å²) in [5.74, 6) is 0.277. The molecular weight excluding hydrogens is 236 g/mol. The summed E-state index contributed by atoms with van der Waals surface area (Å²) in [6, 6.07) is 15.4.